The van der Waals surface area contributed by atoms with Crippen molar-refractivity contribution in [2.24, 2.45) is 5.41 Å². The van der Waals surface area contributed by atoms with Crippen LogP contribution < -0.4 is 10.6 Å². The van der Waals surface area contributed by atoms with Gasteiger partial charge in [-0.15, -0.1) is 11.3 Å². The van der Waals surface area contributed by atoms with Crippen LogP contribution in [-0.2, 0) is 41.1 Å². The molecule has 3 heterocycles. The Hall–Kier alpha value is -3.88. The van der Waals surface area contributed by atoms with Gasteiger partial charge in [-0.3, -0.25) is 23.5 Å². The zero-order valence-corrected chi connectivity index (χ0v) is 27.3. The van der Waals surface area contributed by atoms with Crippen LogP contribution in [0.5, 0.6) is 0 Å². The quantitative estimate of drug-likeness (QED) is 0.215. The monoisotopic (exact) mass is 669 g/mol. The molecule has 6 rings (SSSR count). The lowest BCUT2D eigenvalue weighted by atomic mass is 9.67. The van der Waals surface area contributed by atoms with Crippen LogP contribution in [0.3, 0.4) is 0 Å². The van der Waals surface area contributed by atoms with E-state index in [-0.39, 0.29) is 30.1 Å². The predicted octanol–water partition coefficient (Wildman–Crippen LogP) is 2.24. The highest BCUT2D eigenvalue weighted by Crippen LogP contribution is 2.65. The third-order valence-electron chi connectivity index (χ3n) is 9.76. The summed E-state index contributed by atoms with van der Waals surface area (Å²) in [4.78, 5) is 64.8. The first-order chi connectivity index (χ1) is 21.8. The number of ketones is 1. The summed E-state index contributed by atoms with van der Waals surface area (Å²) >= 11 is 1.39. The van der Waals surface area contributed by atoms with Gasteiger partial charge in [-0.2, -0.15) is 0 Å². The minimum Gasteiger partial charge on any atom is -0.477 e. The maximum atomic E-state index is 13.1. The smallest absolute Gasteiger partial charge is 0.407 e. The van der Waals surface area contributed by atoms with Gasteiger partial charge in [-0.25, -0.2) is 9.59 Å². The molecule has 1 spiro atoms. The topological polar surface area (TPSA) is 179 Å². The maximum absolute atomic E-state index is 13.1. The summed E-state index contributed by atoms with van der Waals surface area (Å²) in [6.45, 7) is 5.30. The van der Waals surface area contributed by atoms with Gasteiger partial charge in [0.05, 0.1) is 23.0 Å². The number of aliphatic carboxylic acids is 1. The van der Waals surface area contributed by atoms with Gasteiger partial charge in [0.2, 0.25) is 5.91 Å². The van der Waals surface area contributed by atoms with Gasteiger partial charge in [-0.1, -0.05) is 11.6 Å². The Bertz CT molecular complexity index is 1710. The van der Waals surface area contributed by atoms with Crippen molar-refractivity contribution in [1.82, 2.24) is 15.5 Å². The lowest BCUT2D eigenvalue weighted by Gasteiger charge is -2.49. The fourth-order valence-electron chi connectivity index (χ4n) is 7.16. The number of allylic oxidation sites excluding steroid dienone is 4. The van der Waals surface area contributed by atoms with E-state index < -0.39 is 69.4 Å². The molecule has 12 nitrogen and oxygen atoms in total. The molecule has 1 aromatic rings. The van der Waals surface area contributed by atoms with Gasteiger partial charge in [0.25, 0.3) is 5.91 Å². The molecule has 1 unspecified atom stereocenters. The number of thiophene rings is 1. The SMILES string of the molecule is CC1=C(CCCNC(=O)OCC2=C(C(=O)O)N3C(=O)[C@H](NC(=O)Cc4cccs4)[C@@H]3S(=O)C2)C2=C(C)C3(CC3)[C@@](C)(O)C(=O)C2=C1. The molecular weight excluding hydrogens is 634 g/mol. The van der Waals surface area contributed by atoms with Crippen molar-refractivity contribution in [1.29, 1.82) is 0 Å². The molecule has 244 valence electrons. The second-order valence-electron chi connectivity index (χ2n) is 12.5. The number of ether oxygens (including phenoxy) is 1. The first-order valence-corrected chi connectivity index (χ1v) is 17.3. The molecule has 3 amide bonds. The molecule has 46 heavy (non-hydrogen) atoms. The van der Waals surface area contributed by atoms with E-state index >= 15 is 0 Å². The number of carbonyl (C=O) groups is 5. The highest BCUT2D eigenvalue weighted by atomic mass is 32.2. The summed E-state index contributed by atoms with van der Waals surface area (Å²) in [5.41, 5.74) is 2.18. The Labute approximate surface area is 271 Å². The number of hydrogen-bond donors (Lipinski definition) is 4. The average molecular weight is 670 g/mol. The average Bonchev–Trinajstić information content (AvgIpc) is 3.56. The Balaban J connectivity index is 1.02. The van der Waals surface area contributed by atoms with Crippen molar-refractivity contribution in [3.8, 4) is 0 Å². The van der Waals surface area contributed by atoms with Gasteiger partial charge in [-0.05, 0) is 80.7 Å². The number of amides is 3. The zero-order chi connectivity index (χ0) is 33.1. The van der Waals surface area contributed by atoms with Crippen molar-refractivity contribution in [2.75, 3.05) is 18.9 Å². The van der Waals surface area contributed by atoms with Crippen LogP contribution in [0.15, 0.2) is 62.7 Å². The molecule has 2 aliphatic heterocycles. The zero-order valence-electron chi connectivity index (χ0n) is 25.6. The van der Waals surface area contributed by atoms with Crippen molar-refractivity contribution in [2.45, 2.75) is 69.9 Å². The van der Waals surface area contributed by atoms with Crippen molar-refractivity contribution < 1.29 is 43.1 Å². The van der Waals surface area contributed by atoms with Crippen LogP contribution in [0.2, 0.25) is 0 Å². The lowest BCUT2D eigenvalue weighted by Crippen LogP contribution is -2.73. The summed E-state index contributed by atoms with van der Waals surface area (Å²) in [6.07, 6.45) is 3.73. The molecule has 0 aromatic carbocycles. The minimum absolute atomic E-state index is 0.0357. The number of nitrogens with zero attached hydrogens (tertiary/aromatic N) is 1. The van der Waals surface area contributed by atoms with E-state index in [2.05, 4.69) is 10.6 Å². The van der Waals surface area contributed by atoms with E-state index in [0.29, 0.717) is 18.4 Å². The first-order valence-electron chi connectivity index (χ1n) is 15.1. The van der Waals surface area contributed by atoms with Crippen LogP contribution in [0.4, 0.5) is 4.79 Å². The molecule has 14 heteroatoms. The Morgan fingerprint density at radius 3 is 2.61 bits per heavy atom. The van der Waals surface area contributed by atoms with Crippen LogP contribution in [0.25, 0.3) is 0 Å². The summed E-state index contributed by atoms with van der Waals surface area (Å²) < 4.78 is 18.3. The third-order valence-corrected chi connectivity index (χ3v) is 12.3. The molecule has 0 bridgehead atoms. The second-order valence-corrected chi connectivity index (χ2v) is 15.1. The Morgan fingerprint density at radius 1 is 1.22 bits per heavy atom. The normalized spacial score (nSPS) is 27.7. The maximum Gasteiger partial charge on any atom is 0.407 e. The number of aliphatic hydroxyl groups is 1. The number of β-lactam (4-membered cyclic amide) rings is 1. The number of alkyl carbamates (subject to hydrolysis) is 1. The molecule has 1 aromatic heterocycles. The number of nitrogens with one attached hydrogen (secondary N) is 2. The number of carbonyl (C=O) groups excluding carboxylic acids is 4. The number of fused-ring (bicyclic) bond motifs is 2. The summed E-state index contributed by atoms with van der Waals surface area (Å²) in [5.74, 6) is -3.02. The number of hydrogen-bond acceptors (Lipinski definition) is 9. The van der Waals surface area contributed by atoms with E-state index in [1.54, 1.807) is 19.1 Å². The van der Waals surface area contributed by atoms with Gasteiger partial charge >= 0.3 is 12.1 Å². The fourth-order valence-corrected chi connectivity index (χ4v) is 9.53. The predicted molar refractivity (Wildman–Crippen MR) is 168 cm³/mol. The standard InChI is InChI=1S/C32H35N3O9S2/c1-16-12-21-23(17(2)32(8-9-32)31(3,42)26(21)37)20(16)7-4-10-33-30(41)44-14-18-15-46(43)28-24(27(38)35(28)25(18)29(39)40)34-22(36)13-19-6-5-11-45-19/h5-6,11-12,24,28,42H,4,7-10,13-15H2,1-3H3,(H,33,41)(H,34,36)(H,39,40)/t24-,28-,31-,46?/m0/s1. The summed E-state index contributed by atoms with van der Waals surface area (Å²) in [7, 11) is -1.74. The van der Waals surface area contributed by atoms with Crippen molar-refractivity contribution >= 4 is 51.8 Å². The molecule has 3 aliphatic carbocycles. The van der Waals surface area contributed by atoms with Crippen molar-refractivity contribution in [3.63, 3.8) is 0 Å². The van der Waals surface area contributed by atoms with E-state index in [1.807, 2.05) is 25.3 Å². The third kappa shape index (κ3) is 5.16. The number of carboxylic acid groups (broad SMARTS) is 1. The lowest BCUT2D eigenvalue weighted by molar-refractivity contribution is -0.151. The first kappa shape index (κ1) is 32.1. The second kappa shape index (κ2) is 11.7. The Kier molecular flexibility index (Phi) is 8.18. The summed E-state index contributed by atoms with van der Waals surface area (Å²) in [5, 5.41) is 26.9. The van der Waals surface area contributed by atoms with Gasteiger partial charge in [0.1, 0.15) is 29.3 Å². The highest BCUT2D eigenvalue weighted by molar-refractivity contribution is 7.86. The molecule has 1 saturated carbocycles. The molecule has 2 fully saturated rings. The highest BCUT2D eigenvalue weighted by Gasteiger charge is 2.65. The van der Waals surface area contributed by atoms with E-state index in [4.69, 9.17) is 4.74 Å². The van der Waals surface area contributed by atoms with Gasteiger partial charge < -0.3 is 25.6 Å². The van der Waals surface area contributed by atoms with Crippen molar-refractivity contribution in [3.05, 3.63) is 67.6 Å². The largest absolute Gasteiger partial charge is 0.477 e. The minimum atomic E-state index is -1.74. The number of Topliss-reactive ketones (excluding diaryl/α,β-unsaturated/α-hetero) is 1. The van der Waals surface area contributed by atoms with E-state index in [0.717, 1.165) is 44.9 Å². The molecule has 4 atom stereocenters. The molecule has 5 aliphatic rings. The number of rotatable bonds is 10. The van der Waals surface area contributed by atoms with E-state index in [1.165, 1.54) is 11.3 Å². The molecule has 1 saturated heterocycles. The number of carboxylic acids is 1. The fraction of sp³-hybridized carbons (Fsp3) is 0.469. The molecule has 4 N–H and O–H groups in total. The van der Waals surface area contributed by atoms with Crippen LogP contribution in [0.1, 0.15) is 51.3 Å². The van der Waals surface area contributed by atoms with Gasteiger partial charge in [0.15, 0.2) is 5.78 Å². The van der Waals surface area contributed by atoms with Crippen LogP contribution in [0, 0.1) is 5.41 Å². The van der Waals surface area contributed by atoms with Crippen LogP contribution in [-0.4, -0.2) is 84.9 Å². The Morgan fingerprint density at radius 2 is 1.96 bits per heavy atom. The summed E-state index contributed by atoms with van der Waals surface area (Å²) in [6, 6.07) is 2.47. The van der Waals surface area contributed by atoms with E-state index in [9.17, 15) is 38.4 Å². The molecular formula is C32H35N3O9S2. The van der Waals surface area contributed by atoms with Crippen LogP contribution >= 0.6 is 11.3 Å². The molecule has 0 radical (unpaired) electrons. The van der Waals surface area contributed by atoms with Gasteiger partial charge in [0, 0.05) is 28.0 Å².